The van der Waals surface area contributed by atoms with Crippen molar-refractivity contribution in [2.24, 2.45) is 0 Å². The highest BCUT2D eigenvalue weighted by molar-refractivity contribution is 5.98. The van der Waals surface area contributed by atoms with E-state index in [2.05, 4.69) is 10.3 Å². The first-order valence-electron chi connectivity index (χ1n) is 5.91. The number of benzene rings is 1. The molecule has 0 bridgehead atoms. The highest BCUT2D eigenvalue weighted by atomic mass is 19.1. The maximum atomic E-state index is 13.9. The van der Waals surface area contributed by atoms with Gasteiger partial charge in [0, 0.05) is 23.8 Å². The van der Waals surface area contributed by atoms with E-state index in [1.165, 1.54) is 6.07 Å². The summed E-state index contributed by atoms with van der Waals surface area (Å²) in [4.78, 5) is 4.20. The van der Waals surface area contributed by atoms with Crippen LogP contribution in [0.2, 0.25) is 0 Å². The van der Waals surface area contributed by atoms with E-state index in [1.807, 2.05) is 25.1 Å². The molecule has 94 valence electrons. The number of nitrogens with two attached hydrogens (primary N) is 1. The number of hydrogen-bond acceptors (Lipinski definition) is 3. The largest absolute Gasteiger partial charge is 0.398 e. The van der Waals surface area contributed by atoms with E-state index in [0.717, 1.165) is 11.8 Å². The number of nitrogen functional groups attached to an aromatic ring is 1. The molecule has 0 fully saturated rings. The van der Waals surface area contributed by atoms with Crippen LogP contribution in [-0.2, 0) is 0 Å². The summed E-state index contributed by atoms with van der Waals surface area (Å²) >= 11 is 0. The molecular weight excluding hydrogens is 229 g/mol. The van der Waals surface area contributed by atoms with Crippen molar-refractivity contribution in [3.63, 3.8) is 0 Å². The van der Waals surface area contributed by atoms with E-state index in [9.17, 15) is 4.39 Å². The highest BCUT2D eigenvalue weighted by Crippen LogP contribution is 2.29. The monoisotopic (exact) mass is 245 g/mol. The van der Waals surface area contributed by atoms with Gasteiger partial charge in [-0.15, -0.1) is 0 Å². The van der Waals surface area contributed by atoms with E-state index in [4.69, 9.17) is 5.73 Å². The Morgan fingerprint density at radius 1 is 1.50 bits per heavy atom. The molecule has 0 saturated carbocycles. The third-order valence-corrected chi connectivity index (χ3v) is 2.73. The lowest BCUT2D eigenvalue weighted by Crippen LogP contribution is -2.05. The topological polar surface area (TPSA) is 50.9 Å². The molecule has 1 heterocycles. The number of fused-ring (bicyclic) bond motifs is 1. The fourth-order valence-electron chi connectivity index (χ4n) is 1.85. The molecule has 0 saturated heterocycles. The molecule has 0 amide bonds. The van der Waals surface area contributed by atoms with Gasteiger partial charge in [-0.1, -0.05) is 12.2 Å². The maximum Gasteiger partial charge on any atom is 0.150 e. The van der Waals surface area contributed by atoms with E-state index >= 15 is 0 Å². The Balaban J connectivity index is 2.36. The molecule has 2 aromatic rings. The first-order valence-corrected chi connectivity index (χ1v) is 5.91. The summed E-state index contributed by atoms with van der Waals surface area (Å²) in [5.74, 6) is -0.362. The van der Waals surface area contributed by atoms with Gasteiger partial charge in [-0.3, -0.25) is 4.98 Å². The van der Waals surface area contributed by atoms with Crippen molar-refractivity contribution in [3.05, 3.63) is 42.4 Å². The van der Waals surface area contributed by atoms with Crippen molar-refractivity contribution in [3.8, 4) is 0 Å². The molecule has 0 aliphatic heterocycles. The Bertz CT molecular complexity index is 579. The van der Waals surface area contributed by atoms with Gasteiger partial charge in [-0.25, -0.2) is 4.39 Å². The lowest BCUT2D eigenvalue weighted by molar-refractivity contribution is 0.632. The first-order chi connectivity index (χ1) is 8.74. The molecule has 4 heteroatoms. The Labute approximate surface area is 106 Å². The fourth-order valence-corrected chi connectivity index (χ4v) is 1.85. The smallest absolute Gasteiger partial charge is 0.150 e. The lowest BCUT2D eigenvalue weighted by Gasteiger charge is -2.11. The number of allylic oxidation sites excluding steroid dienone is 1. The number of anilines is 2. The number of nitrogens with one attached hydrogen (secondary N) is 1. The summed E-state index contributed by atoms with van der Waals surface area (Å²) in [6.45, 7) is 2.62. The molecular formula is C14H16FN3. The summed E-state index contributed by atoms with van der Waals surface area (Å²) in [6, 6.07) is 4.97. The summed E-state index contributed by atoms with van der Waals surface area (Å²) in [5, 5.41) is 3.84. The van der Waals surface area contributed by atoms with Gasteiger partial charge in [-0.2, -0.15) is 0 Å². The van der Waals surface area contributed by atoms with Crippen LogP contribution in [0.5, 0.6) is 0 Å². The molecule has 3 nitrogen and oxygen atoms in total. The van der Waals surface area contributed by atoms with Gasteiger partial charge in [-0.05, 0) is 31.5 Å². The number of halogens is 1. The molecule has 1 aromatic heterocycles. The first kappa shape index (κ1) is 12.4. The van der Waals surface area contributed by atoms with Crippen LogP contribution in [0.1, 0.15) is 13.3 Å². The summed E-state index contributed by atoms with van der Waals surface area (Å²) in [6.07, 6.45) is 6.47. The van der Waals surface area contributed by atoms with Gasteiger partial charge < -0.3 is 11.1 Å². The number of pyridine rings is 1. The maximum absolute atomic E-state index is 13.9. The second kappa shape index (κ2) is 5.49. The van der Waals surface area contributed by atoms with Crippen molar-refractivity contribution < 1.29 is 4.39 Å². The molecule has 18 heavy (non-hydrogen) atoms. The van der Waals surface area contributed by atoms with Gasteiger partial charge >= 0.3 is 0 Å². The van der Waals surface area contributed by atoms with Crippen LogP contribution < -0.4 is 11.1 Å². The molecule has 0 unspecified atom stereocenters. The van der Waals surface area contributed by atoms with E-state index in [0.29, 0.717) is 23.4 Å². The standard InChI is InChI=1S/C14H16FN3/c1-2-3-4-7-18-14-11(15)9-12(16)10-6-5-8-17-13(10)14/h2-3,5-6,8-9,18H,4,7,16H2,1H3/b3-2+. The van der Waals surface area contributed by atoms with Crippen LogP contribution in [0.25, 0.3) is 10.9 Å². The Morgan fingerprint density at radius 3 is 3.11 bits per heavy atom. The van der Waals surface area contributed by atoms with Crippen LogP contribution >= 0.6 is 0 Å². The molecule has 3 N–H and O–H groups in total. The van der Waals surface area contributed by atoms with E-state index < -0.39 is 0 Å². The van der Waals surface area contributed by atoms with Crippen molar-refractivity contribution >= 4 is 22.3 Å². The zero-order valence-electron chi connectivity index (χ0n) is 10.3. The molecule has 0 aliphatic rings. The Morgan fingerprint density at radius 2 is 2.33 bits per heavy atom. The minimum Gasteiger partial charge on any atom is -0.398 e. The second-order valence-electron chi connectivity index (χ2n) is 4.01. The highest BCUT2D eigenvalue weighted by Gasteiger charge is 2.10. The molecule has 0 aliphatic carbocycles. The Hall–Kier alpha value is -2.10. The average molecular weight is 245 g/mol. The van der Waals surface area contributed by atoms with Crippen LogP contribution in [0, 0.1) is 5.82 Å². The van der Waals surface area contributed by atoms with Gasteiger partial charge in [0.05, 0.1) is 11.2 Å². The lowest BCUT2D eigenvalue weighted by atomic mass is 10.1. The van der Waals surface area contributed by atoms with Gasteiger partial charge in [0.15, 0.2) is 5.82 Å². The average Bonchev–Trinajstić information content (AvgIpc) is 2.38. The molecule has 0 radical (unpaired) electrons. The molecule has 1 aromatic carbocycles. The zero-order chi connectivity index (χ0) is 13.0. The van der Waals surface area contributed by atoms with Crippen molar-refractivity contribution in [2.75, 3.05) is 17.6 Å². The summed E-state index contributed by atoms with van der Waals surface area (Å²) < 4.78 is 13.9. The number of rotatable bonds is 4. The predicted octanol–water partition coefficient (Wildman–Crippen LogP) is 3.33. The SMILES string of the molecule is C/C=C/CCNc1c(F)cc(N)c2cccnc12. The third kappa shape index (κ3) is 2.42. The number of aromatic nitrogens is 1. The minimum atomic E-state index is -0.362. The van der Waals surface area contributed by atoms with Crippen molar-refractivity contribution in [1.82, 2.24) is 4.98 Å². The zero-order valence-corrected chi connectivity index (χ0v) is 10.3. The second-order valence-corrected chi connectivity index (χ2v) is 4.01. The number of nitrogens with zero attached hydrogens (tertiary/aromatic N) is 1. The van der Waals surface area contributed by atoms with Crippen LogP contribution in [-0.4, -0.2) is 11.5 Å². The van der Waals surface area contributed by atoms with Gasteiger partial charge in [0.1, 0.15) is 0 Å². The van der Waals surface area contributed by atoms with Crippen LogP contribution in [0.15, 0.2) is 36.5 Å². The van der Waals surface area contributed by atoms with Crippen LogP contribution in [0.3, 0.4) is 0 Å². The molecule has 0 atom stereocenters. The van der Waals surface area contributed by atoms with E-state index in [-0.39, 0.29) is 5.82 Å². The summed E-state index contributed by atoms with van der Waals surface area (Å²) in [5.41, 5.74) is 7.19. The third-order valence-electron chi connectivity index (χ3n) is 2.73. The van der Waals surface area contributed by atoms with Crippen LogP contribution in [0.4, 0.5) is 15.8 Å². The fraction of sp³-hybridized carbons (Fsp3) is 0.214. The summed E-state index contributed by atoms with van der Waals surface area (Å²) in [7, 11) is 0. The Kier molecular flexibility index (Phi) is 3.77. The molecule has 2 rings (SSSR count). The van der Waals surface area contributed by atoms with Crippen molar-refractivity contribution in [2.45, 2.75) is 13.3 Å². The normalized spacial score (nSPS) is 11.2. The minimum absolute atomic E-state index is 0.362. The van der Waals surface area contributed by atoms with Gasteiger partial charge in [0.2, 0.25) is 0 Å². The van der Waals surface area contributed by atoms with E-state index in [1.54, 1.807) is 12.3 Å². The predicted molar refractivity (Wildman–Crippen MR) is 74.0 cm³/mol. The molecule has 0 spiro atoms. The number of hydrogen-bond donors (Lipinski definition) is 2. The van der Waals surface area contributed by atoms with Crippen molar-refractivity contribution in [1.29, 1.82) is 0 Å². The quantitative estimate of drug-likeness (QED) is 0.493. The van der Waals surface area contributed by atoms with Gasteiger partial charge in [0.25, 0.3) is 0 Å².